The van der Waals surface area contributed by atoms with E-state index in [0.29, 0.717) is 41.7 Å². The standard InChI is InChI=1S/C17H25ClF3N3O/c1-5-6-9-23(11-17(19,20)21)15(25)8-7-14-13(4)22-24(16(14)18)10-12(2)3/h7-8,12H,5-6,9-11H2,1-4H3. The van der Waals surface area contributed by atoms with E-state index in [9.17, 15) is 18.0 Å². The minimum Gasteiger partial charge on any atom is -0.330 e. The Balaban J connectivity index is 2.94. The van der Waals surface area contributed by atoms with E-state index in [-0.39, 0.29) is 6.54 Å². The predicted octanol–water partition coefficient (Wildman–Crippen LogP) is 4.71. The van der Waals surface area contributed by atoms with Crippen LogP contribution in [0.2, 0.25) is 5.15 Å². The van der Waals surface area contributed by atoms with Crippen LogP contribution in [0.15, 0.2) is 6.08 Å². The van der Waals surface area contributed by atoms with E-state index < -0.39 is 18.6 Å². The lowest BCUT2D eigenvalue weighted by molar-refractivity contribution is -0.158. The summed E-state index contributed by atoms with van der Waals surface area (Å²) in [5.74, 6) is -0.343. The molecule has 1 aromatic heterocycles. The summed E-state index contributed by atoms with van der Waals surface area (Å²) in [5, 5.41) is 4.69. The van der Waals surface area contributed by atoms with Crippen molar-refractivity contribution in [3.05, 3.63) is 22.5 Å². The van der Waals surface area contributed by atoms with Crippen LogP contribution < -0.4 is 0 Å². The maximum atomic E-state index is 12.7. The quantitative estimate of drug-likeness (QED) is 0.614. The molecular formula is C17H25ClF3N3O. The molecule has 0 spiro atoms. The summed E-state index contributed by atoms with van der Waals surface area (Å²) in [5.41, 5.74) is 1.18. The summed E-state index contributed by atoms with van der Waals surface area (Å²) >= 11 is 6.27. The van der Waals surface area contributed by atoms with Crippen molar-refractivity contribution in [2.45, 2.75) is 53.3 Å². The molecule has 0 bridgehead atoms. The fourth-order valence-electron chi connectivity index (χ4n) is 2.32. The largest absolute Gasteiger partial charge is 0.406 e. The lowest BCUT2D eigenvalue weighted by Gasteiger charge is -2.22. The van der Waals surface area contributed by atoms with Crippen LogP contribution in [0.3, 0.4) is 0 Å². The number of hydrogen-bond acceptors (Lipinski definition) is 2. The third-order valence-corrected chi connectivity index (χ3v) is 3.90. The third-order valence-electron chi connectivity index (χ3n) is 3.50. The van der Waals surface area contributed by atoms with Gasteiger partial charge in [0, 0.05) is 24.7 Å². The molecule has 0 unspecified atom stereocenters. The summed E-state index contributed by atoms with van der Waals surface area (Å²) in [6.45, 7) is 7.09. The monoisotopic (exact) mass is 379 g/mol. The molecule has 0 atom stereocenters. The Morgan fingerprint density at radius 1 is 1.40 bits per heavy atom. The molecule has 0 aliphatic heterocycles. The average molecular weight is 380 g/mol. The first-order chi connectivity index (χ1) is 11.5. The van der Waals surface area contributed by atoms with E-state index in [1.165, 1.54) is 6.08 Å². The number of nitrogens with zero attached hydrogens (tertiary/aromatic N) is 3. The van der Waals surface area contributed by atoms with E-state index in [2.05, 4.69) is 5.10 Å². The fraction of sp³-hybridized carbons (Fsp3) is 0.647. The van der Waals surface area contributed by atoms with Crippen molar-refractivity contribution in [3.8, 4) is 0 Å². The average Bonchev–Trinajstić information content (AvgIpc) is 2.73. The molecule has 1 rings (SSSR count). The van der Waals surface area contributed by atoms with Gasteiger partial charge in [0.2, 0.25) is 5.91 Å². The molecule has 0 saturated heterocycles. The number of carbonyl (C=O) groups excluding carboxylic acids is 1. The van der Waals surface area contributed by atoms with Gasteiger partial charge < -0.3 is 4.90 Å². The van der Waals surface area contributed by atoms with Gasteiger partial charge in [-0.3, -0.25) is 9.48 Å². The van der Waals surface area contributed by atoms with Crippen molar-refractivity contribution < 1.29 is 18.0 Å². The van der Waals surface area contributed by atoms with Gasteiger partial charge in [0.1, 0.15) is 11.7 Å². The van der Waals surface area contributed by atoms with E-state index in [0.717, 1.165) is 11.0 Å². The Labute approximate surface area is 151 Å². The van der Waals surface area contributed by atoms with Gasteiger partial charge >= 0.3 is 6.18 Å². The summed E-state index contributed by atoms with van der Waals surface area (Å²) in [7, 11) is 0. The molecule has 8 heteroatoms. The second kappa shape index (κ2) is 9.27. The van der Waals surface area contributed by atoms with Gasteiger partial charge in [-0.05, 0) is 25.3 Å². The molecule has 1 aromatic rings. The smallest absolute Gasteiger partial charge is 0.330 e. The molecular weight excluding hydrogens is 355 g/mol. The maximum Gasteiger partial charge on any atom is 0.406 e. The summed E-state index contributed by atoms with van der Waals surface area (Å²) in [6.07, 6.45) is -0.622. The molecule has 0 saturated carbocycles. The molecule has 4 nitrogen and oxygen atoms in total. The topological polar surface area (TPSA) is 38.1 Å². The van der Waals surface area contributed by atoms with Gasteiger partial charge in [-0.25, -0.2) is 0 Å². The lowest BCUT2D eigenvalue weighted by Crippen LogP contribution is -2.38. The van der Waals surface area contributed by atoms with E-state index in [1.807, 2.05) is 20.8 Å². The minimum absolute atomic E-state index is 0.0680. The number of aryl methyl sites for hydroxylation is 1. The first-order valence-corrected chi connectivity index (χ1v) is 8.69. The van der Waals surface area contributed by atoms with Gasteiger partial charge in [0.05, 0.1) is 5.69 Å². The van der Waals surface area contributed by atoms with Crippen LogP contribution in [0, 0.1) is 12.8 Å². The molecule has 0 radical (unpaired) electrons. The molecule has 25 heavy (non-hydrogen) atoms. The highest BCUT2D eigenvalue weighted by Gasteiger charge is 2.32. The number of carbonyl (C=O) groups is 1. The molecule has 0 N–H and O–H groups in total. The molecule has 1 amide bonds. The van der Waals surface area contributed by atoms with Crippen LogP contribution in [0.5, 0.6) is 0 Å². The van der Waals surface area contributed by atoms with E-state index in [4.69, 9.17) is 11.6 Å². The highest BCUT2D eigenvalue weighted by Crippen LogP contribution is 2.23. The predicted molar refractivity (Wildman–Crippen MR) is 93.4 cm³/mol. The lowest BCUT2D eigenvalue weighted by atomic mass is 10.2. The van der Waals surface area contributed by atoms with Crippen molar-refractivity contribution >= 4 is 23.6 Å². The van der Waals surface area contributed by atoms with Crippen molar-refractivity contribution in [1.29, 1.82) is 0 Å². The zero-order chi connectivity index (χ0) is 19.2. The number of hydrogen-bond donors (Lipinski definition) is 0. The molecule has 142 valence electrons. The van der Waals surface area contributed by atoms with E-state index >= 15 is 0 Å². The molecule has 0 fully saturated rings. The zero-order valence-electron chi connectivity index (χ0n) is 15.0. The van der Waals surface area contributed by atoms with Crippen LogP contribution >= 0.6 is 11.6 Å². The number of amides is 1. The van der Waals surface area contributed by atoms with Gasteiger partial charge in [-0.2, -0.15) is 18.3 Å². The maximum absolute atomic E-state index is 12.7. The summed E-state index contributed by atoms with van der Waals surface area (Å²) < 4.78 is 39.6. The molecule has 0 aliphatic rings. The van der Waals surface area contributed by atoms with Crippen LogP contribution in [0.1, 0.15) is 44.9 Å². The van der Waals surface area contributed by atoms with Crippen molar-refractivity contribution in [2.75, 3.05) is 13.1 Å². The van der Waals surface area contributed by atoms with Crippen LogP contribution in [0.4, 0.5) is 13.2 Å². The highest BCUT2D eigenvalue weighted by atomic mass is 35.5. The Morgan fingerprint density at radius 2 is 2.04 bits per heavy atom. The zero-order valence-corrected chi connectivity index (χ0v) is 15.8. The van der Waals surface area contributed by atoms with Crippen LogP contribution in [-0.2, 0) is 11.3 Å². The van der Waals surface area contributed by atoms with E-state index in [1.54, 1.807) is 11.6 Å². The number of halogens is 4. The van der Waals surface area contributed by atoms with Crippen LogP contribution in [0.25, 0.3) is 6.08 Å². The van der Waals surface area contributed by atoms with Gasteiger partial charge in [0.15, 0.2) is 0 Å². The van der Waals surface area contributed by atoms with Crippen molar-refractivity contribution in [1.82, 2.24) is 14.7 Å². The first-order valence-electron chi connectivity index (χ1n) is 8.31. The number of unbranched alkanes of at least 4 members (excludes halogenated alkanes) is 1. The SMILES string of the molecule is CCCCN(CC(F)(F)F)C(=O)C=Cc1c(C)nn(CC(C)C)c1Cl. The summed E-state index contributed by atoms with van der Waals surface area (Å²) in [6, 6.07) is 0. The Hall–Kier alpha value is -1.50. The van der Waals surface area contributed by atoms with Gasteiger partial charge in [-0.1, -0.05) is 38.8 Å². The Morgan fingerprint density at radius 3 is 2.56 bits per heavy atom. The van der Waals surface area contributed by atoms with Gasteiger partial charge in [0.25, 0.3) is 0 Å². The Kier molecular flexibility index (Phi) is 7.99. The number of rotatable bonds is 8. The molecule has 0 aliphatic carbocycles. The van der Waals surface area contributed by atoms with Gasteiger partial charge in [-0.15, -0.1) is 0 Å². The third kappa shape index (κ3) is 7.10. The second-order valence-corrected chi connectivity index (χ2v) is 6.79. The number of aromatic nitrogens is 2. The molecule has 1 heterocycles. The summed E-state index contributed by atoms with van der Waals surface area (Å²) in [4.78, 5) is 13.0. The second-order valence-electron chi connectivity index (χ2n) is 6.43. The number of alkyl halides is 3. The van der Waals surface area contributed by atoms with Crippen LogP contribution in [-0.4, -0.2) is 39.9 Å². The normalized spacial score (nSPS) is 12.4. The first kappa shape index (κ1) is 21.5. The fourth-order valence-corrected chi connectivity index (χ4v) is 2.62. The van der Waals surface area contributed by atoms with Crippen molar-refractivity contribution in [3.63, 3.8) is 0 Å². The molecule has 0 aromatic carbocycles. The minimum atomic E-state index is -4.42. The van der Waals surface area contributed by atoms with Crippen molar-refractivity contribution in [2.24, 2.45) is 5.92 Å². The highest BCUT2D eigenvalue weighted by molar-refractivity contribution is 6.31. The Bertz CT molecular complexity index is 609.